The normalized spacial score (nSPS) is 19.8. The Morgan fingerprint density at radius 3 is 2.70 bits per heavy atom. The van der Waals surface area contributed by atoms with Crippen LogP contribution < -0.4 is 0 Å². The van der Waals surface area contributed by atoms with Crippen molar-refractivity contribution in [2.45, 2.75) is 45.6 Å². The Bertz CT molecular complexity index is 1080. The van der Waals surface area contributed by atoms with E-state index in [1.165, 1.54) is 22.4 Å². The zero-order chi connectivity index (χ0) is 20.7. The summed E-state index contributed by atoms with van der Waals surface area (Å²) in [5.74, 6) is 0.438. The maximum atomic E-state index is 12.9. The summed E-state index contributed by atoms with van der Waals surface area (Å²) in [6.45, 7) is 9.07. The fraction of sp³-hybridized carbons (Fsp3) is 0.458. The summed E-state index contributed by atoms with van der Waals surface area (Å²) in [5.41, 5.74) is 6.46. The molecular formula is C24H29N5O. The van der Waals surface area contributed by atoms with Crippen molar-refractivity contribution in [1.82, 2.24) is 24.2 Å². The molecule has 0 bridgehead atoms. The molecule has 0 aliphatic carbocycles. The molecule has 6 nitrogen and oxygen atoms in total. The number of aryl methyl sites for hydroxylation is 2. The van der Waals surface area contributed by atoms with Crippen LogP contribution in [0.3, 0.4) is 0 Å². The minimum absolute atomic E-state index is 0.0161. The highest BCUT2D eigenvalue weighted by atomic mass is 16.2. The van der Waals surface area contributed by atoms with E-state index in [9.17, 15) is 4.79 Å². The van der Waals surface area contributed by atoms with Crippen molar-refractivity contribution in [2.75, 3.05) is 26.2 Å². The maximum absolute atomic E-state index is 12.9. The van der Waals surface area contributed by atoms with E-state index in [0.29, 0.717) is 17.3 Å². The van der Waals surface area contributed by atoms with E-state index >= 15 is 0 Å². The van der Waals surface area contributed by atoms with E-state index in [1.807, 2.05) is 15.5 Å². The Balaban J connectivity index is 1.35. The first kappa shape index (κ1) is 19.2. The van der Waals surface area contributed by atoms with Crippen molar-refractivity contribution in [3.63, 3.8) is 0 Å². The second kappa shape index (κ2) is 7.84. The summed E-state index contributed by atoms with van der Waals surface area (Å²) in [4.78, 5) is 26.3. The minimum Gasteiger partial charge on any atom is -0.337 e. The summed E-state index contributed by atoms with van der Waals surface area (Å²) >= 11 is 0. The summed E-state index contributed by atoms with van der Waals surface area (Å²) in [7, 11) is 0. The topological polar surface area (TPSA) is 53.7 Å². The number of aromatic nitrogens is 3. The van der Waals surface area contributed by atoms with Crippen LogP contribution in [-0.4, -0.2) is 56.3 Å². The van der Waals surface area contributed by atoms with Crippen LogP contribution in [0.25, 0.3) is 5.65 Å². The van der Waals surface area contributed by atoms with Crippen molar-refractivity contribution in [3.8, 4) is 0 Å². The Kier molecular flexibility index (Phi) is 5.03. The Morgan fingerprint density at radius 2 is 1.90 bits per heavy atom. The molecule has 2 aromatic heterocycles. The van der Waals surface area contributed by atoms with Gasteiger partial charge >= 0.3 is 0 Å². The molecule has 5 rings (SSSR count). The van der Waals surface area contributed by atoms with Gasteiger partial charge in [0.15, 0.2) is 11.3 Å². The van der Waals surface area contributed by atoms with Gasteiger partial charge in [-0.05, 0) is 62.4 Å². The van der Waals surface area contributed by atoms with Gasteiger partial charge in [-0.1, -0.05) is 18.2 Å². The number of rotatable bonds is 4. The third-order valence-electron chi connectivity index (χ3n) is 6.73. The zero-order valence-corrected chi connectivity index (χ0v) is 17.8. The molecule has 1 aromatic carbocycles. The Hall–Kier alpha value is -2.73. The first-order chi connectivity index (χ1) is 14.6. The van der Waals surface area contributed by atoms with Crippen LogP contribution in [0.1, 0.15) is 58.1 Å². The van der Waals surface area contributed by atoms with Gasteiger partial charge in [0.2, 0.25) is 0 Å². The highest BCUT2D eigenvalue weighted by Crippen LogP contribution is 2.29. The SMILES string of the molecule is Cc1ccc(CN2CC[C@@H](c3ccnc4c(C(=O)N5CCCC5)ncn34)C2)cc1C. The number of fused-ring (bicyclic) bond motifs is 1. The van der Waals surface area contributed by atoms with Crippen LogP contribution >= 0.6 is 0 Å². The number of benzene rings is 1. The van der Waals surface area contributed by atoms with Gasteiger partial charge in [-0.3, -0.25) is 14.1 Å². The monoisotopic (exact) mass is 403 g/mol. The first-order valence-corrected chi connectivity index (χ1v) is 11.0. The molecule has 0 saturated carbocycles. The molecule has 2 aliphatic rings. The Labute approximate surface area is 177 Å². The van der Waals surface area contributed by atoms with Crippen LogP contribution in [0.15, 0.2) is 36.8 Å². The lowest BCUT2D eigenvalue weighted by atomic mass is 10.0. The number of amides is 1. The number of hydrogen-bond acceptors (Lipinski definition) is 4. The van der Waals surface area contributed by atoms with Crippen LogP contribution in [0, 0.1) is 13.8 Å². The summed E-state index contributed by atoms with van der Waals surface area (Å²) in [6.07, 6.45) is 6.88. The molecule has 30 heavy (non-hydrogen) atoms. The zero-order valence-electron chi connectivity index (χ0n) is 17.8. The molecule has 1 atom stereocenters. The number of hydrogen-bond donors (Lipinski definition) is 0. The van der Waals surface area contributed by atoms with Crippen LogP contribution in [0.4, 0.5) is 0 Å². The number of carbonyl (C=O) groups excluding carboxylic acids is 1. The molecule has 2 aliphatic heterocycles. The lowest BCUT2D eigenvalue weighted by molar-refractivity contribution is 0.0789. The van der Waals surface area contributed by atoms with E-state index in [4.69, 9.17) is 0 Å². The van der Waals surface area contributed by atoms with Gasteiger partial charge in [0, 0.05) is 44.0 Å². The molecule has 6 heteroatoms. The van der Waals surface area contributed by atoms with E-state index in [-0.39, 0.29) is 5.91 Å². The minimum atomic E-state index is 0.0161. The standard InChI is InChI=1S/C24H29N5O/c1-17-5-6-19(13-18(17)2)14-27-12-8-20(15-27)21-7-9-25-23-22(26-16-29(21)23)24(30)28-10-3-4-11-28/h5-7,9,13,16,20H,3-4,8,10-12,14-15H2,1-2H3/t20-/m1/s1. The second-order valence-corrected chi connectivity index (χ2v) is 8.80. The molecule has 0 radical (unpaired) electrons. The lowest BCUT2D eigenvalue weighted by Crippen LogP contribution is -2.28. The van der Waals surface area contributed by atoms with Crippen LogP contribution in [0.5, 0.6) is 0 Å². The fourth-order valence-corrected chi connectivity index (χ4v) is 4.85. The van der Waals surface area contributed by atoms with Gasteiger partial charge in [-0.15, -0.1) is 0 Å². The summed E-state index contributed by atoms with van der Waals surface area (Å²) in [5, 5.41) is 0. The number of carbonyl (C=O) groups is 1. The van der Waals surface area contributed by atoms with E-state index < -0.39 is 0 Å². The molecule has 4 heterocycles. The van der Waals surface area contributed by atoms with Crippen LogP contribution in [-0.2, 0) is 6.54 Å². The van der Waals surface area contributed by atoms with E-state index in [1.54, 1.807) is 6.33 Å². The van der Waals surface area contributed by atoms with E-state index in [2.05, 4.69) is 53.0 Å². The highest BCUT2D eigenvalue weighted by Gasteiger charge is 2.28. The number of likely N-dealkylation sites (tertiary alicyclic amines) is 2. The molecule has 0 unspecified atom stereocenters. The fourth-order valence-electron chi connectivity index (χ4n) is 4.85. The summed E-state index contributed by atoms with van der Waals surface area (Å²) in [6, 6.07) is 8.85. The van der Waals surface area contributed by atoms with Crippen molar-refractivity contribution in [2.24, 2.45) is 0 Å². The molecule has 3 aromatic rings. The number of imidazole rings is 1. The summed E-state index contributed by atoms with van der Waals surface area (Å²) < 4.78 is 2.04. The van der Waals surface area contributed by atoms with Gasteiger partial charge in [0.1, 0.15) is 6.33 Å². The molecule has 0 spiro atoms. The predicted molar refractivity (Wildman–Crippen MR) is 117 cm³/mol. The van der Waals surface area contributed by atoms with Crippen LogP contribution in [0.2, 0.25) is 0 Å². The quantitative estimate of drug-likeness (QED) is 0.668. The van der Waals surface area contributed by atoms with Gasteiger partial charge < -0.3 is 4.90 Å². The number of nitrogens with zero attached hydrogens (tertiary/aromatic N) is 5. The molecule has 2 saturated heterocycles. The highest BCUT2D eigenvalue weighted by molar-refractivity contribution is 5.98. The Morgan fingerprint density at radius 1 is 1.07 bits per heavy atom. The van der Waals surface area contributed by atoms with Crippen molar-refractivity contribution in [3.05, 3.63) is 64.9 Å². The van der Waals surface area contributed by atoms with Crippen molar-refractivity contribution >= 4 is 11.6 Å². The average molecular weight is 404 g/mol. The molecule has 156 valence electrons. The molecule has 1 amide bonds. The van der Waals surface area contributed by atoms with Gasteiger partial charge in [0.05, 0.1) is 0 Å². The second-order valence-electron chi connectivity index (χ2n) is 8.80. The molecular weight excluding hydrogens is 374 g/mol. The van der Waals surface area contributed by atoms with Gasteiger partial charge in [-0.2, -0.15) is 0 Å². The average Bonchev–Trinajstić information content (AvgIpc) is 3.50. The van der Waals surface area contributed by atoms with Crippen molar-refractivity contribution in [1.29, 1.82) is 0 Å². The van der Waals surface area contributed by atoms with E-state index in [0.717, 1.165) is 52.0 Å². The van der Waals surface area contributed by atoms with Crippen molar-refractivity contribution < 1.29 is 4.79 Å². The largest absolute Gasteiger partial charge is 0.337 e. The third kappa shape index (κ3) is 3.49. The van der Waals surface area contributed by atoms with Gasteiger partial charge in [-0.25, -0.2) is 9.97 Å². The maximum Gasteiger partial charge on any atom is 0.276 e. The van der Waals surface area contributed by atoms with Gasteiger partial charge in [0.25, 0.3) is 5.91 Å². The molecule has 2 fully saturated rings. The molecule has 0 N–H and O–H groups in total. The predicted octanol–water partition coefficient (Wildman–Crippen LogP) is 3.57. The first-order valence-electron chi connectivity index (χ1n) is 11.0. The smallest absolute Gasteiger partial charge is 0.276 e. The third-order valence-corrected chi connectivity index (χ3v) is 6.73. The lowest BCUT2D eigenvalue weighted by Gasteiger charge is -2.18.